The summed E-state index contributed by atoms with van der Waals surface area (Å²) in [6, 6.07) is 2.22. The van der Waals surface area contributed by atoms with Crippen LogP contribution in [0, 0.1) is 0 Å². The molecule has 1 aromatic heterocycles. The SMILES string of the molecule is COc1ccc2c(n1)CNC(C(=O)C(F)(F)F)CC2C. The molecule has 20 heavy (non-hydrogen) atoms. The molecule has 110 valence electrons. The van der Waals surface area contributed by atoms with Crippen molar-refractivity contribution in [3.63, 3.8) is 0 Å². The highest BCUT2D eigenvalue weighted by Gasteiger charge is 2.44. The second-order valence-electron chi connectivity index (χ2n) is 4.82. The molecule has 2 heterocycles. The quantitative estimate of drug-likeness (QED) is 0.906. The van der Waals surface area contributed by atoms with E-state index in [1.54, 1.807) is 19.1 Å². The Morgan fingerprint density at radius 1 is 1.45 bits per heavy atom. The molecule has 0 fully saturated rings. The molecule has 4 nitrogen and oxygen atoms in total. The highest BCUT2D eigenvalue weighted by atomic mass is 19.4. The Kier molecular flexibility index (Phi) is 3.99. The summed E-state index contributed by atoms with van der Waals surface area (Å²) in [6.07, 6.45) is -4.72. The molecule has 0 radical (unpaired) electrons. The van der Waals surface area contributed by atoms with Gasteiger partial charge < -0.3 is 10.1 Å². The van der Waals surface area contributed by atoms with Gasteiger partial charge >= 0.3 is 6.18 Å². The summed E-state index contributed by atoms with van der Waals surface area (Å²) in [6.45, 7) is 1.90. The lowest BCUT2D eigenvalue weighted by Crippen LogP contribution is -2.43. The zero-order valence-corrected chi connectivity index (χ0v) is 11.1. The van der Waals surface area contributed by atoms with E-state index in [1.807, 2.05) is 0 Å². The Morgan fingerprint density at radius 3 is 2.75 bits per heavy atom. The summed E-state index contributed by atoms with van der Waals surface area (Å²) in [7, 11) is 1.47. The van der Waals surface area contributed by atoms with Crippen LogP contribution in [0.2, 0.25) is 0 Å². The number of hydrogen-bond acceptors (Lipinski definition) is 4. The van der Waals surface area contributed by atoms with Gasteiger partial charge in [-0.15, -0.1) is 0 Å². The van der Waals surface area contributed by atoms with Gasteiger partial charge in [0.2, 0.25) is 5.88 Å². The van der Waals surface area contributed by atoms with E-state index in [-0.39, 0.29) is 18.9 Å². The molecular formula is C13H15F3N2O2. The first-order valence-corrected chi connectivity index (χ1v) is 6.21. The van der Waals surface area contributed by atoms with Gasteiger partial charge in [-0.25, -0.2) is 4.98 Å². The van der Waals surface area contributed by atoms with Crippen LogP contribution in [0.3, 0.4) is 0 Å². The van der Waals surface area contributed by atoms with Crippen molar-refractivity contribution in [3.8, 4) is 5.88 Å². The average Bonchev–Trinajstić information content (AvgIpc) is 2.56. The molecule has 1 aromatic rings. The molecule has 0 spiro atoms. The van der Waals surface area contributed by atoms with Crippen molar-refractivity contribution >= 4 is 5.78 Å². The van der Waals surface area contributed by atoms with Gasteiger partial charge in [0, 0.05) is 12.6 Å². The summed E-state index contributed by atoms with van der Waals surface area (Å²) in [5.74, 6) is -1.52. The Morgan fingerprint density at radius 2 is 2.15 bits per heavy atom. The lowest BCUT2D eigenvalue weighted by molar-refractivity contribution is -0.173. The third kappa shape index (κ3) is 2.92. The number of nitrogens with zero attached hydrogens (tertiary/aromatic N) is 1. The molecule has 0 amide bonds. The topological polar surface area (TPSA) is 51.2 Å². The lowest BCUT2D eigenvalue weighted by Gasteiger charge is -2.18. The van der Waals surface area contributed by atoms with Gasteiger partial charge in [0.05, 0.1) is 18.8 Å². The van der Waals surface area contributed by atoms with E-state index in [0.717, 1.165) is 5.56 Å². The monoisotopic (exact) mass is 288 g/mol. The number of fused-ring (bicyclic) bond motifs is 1. The van der Waals surface area contributed by atoms with Crippen LogP contribution in [0.1, 0.15) is 30.5 Å². The number of carbonyl (C=O) groups excluding carboxylic acids is 1. The van der Waals surface area contributed by atoms with Crippen LogP contribution in [-0.4, -0.2) is 30.1 Å². The van der Waals surface area contributed by atoms with E-state index in [2.05, 4.69) is 10.3 Å². The molecule has 1 aliphatic rings. The Labute approximate surface area is 114 Å². The van der Waals surface area contributed by atoms with Crippen LogP contribution in [0.15, 0.2) is 12.1 Å². The molecule has 1 aliphatic heterocycles. The predicted molar refractivity (Wildman–Crippen MR) is 65.5 cm³/mol. The standard InChI is InChI=1S/C13H15F3N2O2/c1-7-5-9(12(19)13(14,15)16)17-6-10-8(7)3-4-11(18-10)20-2/h3-4,7,9,17H,5-6H2,1-2H3. The minimum atomic E-state index is -4.82. The van der Waals surface area contributed by atoms with E-state index in [1.165, 1.54) is 7.11 Å². The van der Waals surface area contributed by atoms with Crippen LogP contribution >= 0.6 is 0 Å². The third-order valence-corrected chi connectivity index (χ3v) is 3.42. The third-order valence-electron chi connectivity index (χ3n) is 3.42. The number of rotatable bonds is 2. The maximum absolute atomic E-state index is 12.5. The first-order chi connectivity index (χ1) is 9.32. The molecular weight excluding hydrogens is 273 g/mol. The summed E-state index contributed by atoms with van der Waals surface area (Å²) < 4.78 is 42.5. The van der Waals surface area contributed by atoms with E-state index >= 15 is 0 Å². The fourth-order valence-corrected chi connectivity index (χ4v) is 2.38. The highest BCUT2D eigenvalue weighted by molar-refractivity contribution is 5.89. The number of Topliss-reactive ketones (excluding diaryl/α,β-unsaturated/α-hetero) is 1. The number of ether oxygens (including phenoxy) is 1. The molecule has 0 saturated carbocycles. The second kappa shape index (κ2) is 5.40. The van der Waals surface area contributed by atoms with E-state index < -0.39 is 18.0 Å². The molecule has 0 bridgehead atoms. The van der Waals surface area contributed by atoms with Crippen LogP contribution in [0.5, 0.6) is 5.88 Å². The van der Waals surface area contributed by atoms with Gasteiger partial charge in [-0.2, -0.15) is 13.2 Å². The normalized spacial score (nSPS) is 22.9. The number of pyridine rings is 1. The number of alkyl halides is 3. The molecule has 2 rings (SSSR count). The molecule has 1 N–H and O–H groups in total. The van der Waals surface area contributed by atoms with E-state index in [4.69, 9.17) is 4.74 Å². The van der Waals surface area contributed by atoms with Crippen molar-refractivity contribution in [2.24, 2.45) is 0 Å². The minimum Gasteiger partial charge on any atom is -0.481 e. The summed E-state index contributed by atoms with van der Waals surface area (Å²) >= 11 is 0. The molecule has 7 heteroatoms. The number of halogens is 3. The number of hydrogen-bond donors (Lipinski definition) is 1. The zero-order chi connectivity index (χ0) is 14.9. The highest BCUT2D eigenvalue weighted by Crippen LogP contribution is 2.30. The maximum atomic E-state index is 12.5. The molecule has 0 saturated heterocycles. The number of aromatic nitrogens is 1. The van der Waals surface area contributed by atoms with Crippen LogP contribution < -0.4 is 10.1 Å². The average molecular weight is 288 g/mol. The number of carbonyl (C=O) groups is 1. The van der Waals surface area contributed by atoms with Gasteiger partial charge in [0.25, 0.3) is 5.78 Å². The van der Waals surface area contributed by atoms with Crippen LogP contribution in [-0.2, 0) is 11.3 Å². The lowest BCUT2D eigenvalue weighted by atomic mass is 9.93. The summed E-state index contributed by atoms with van der Waals surface area (Å²) in [4.78, 5) is 15.6. The van der Waals surface area contributed by atoms with E-state index in [0.29, 0.717) is 11.6 Å². The first-order valence-electron chi connectivity index (χ1n) is 6.21. The van der Waals surface area contributed by atoms with E-state index in [9.17, 15) is 18.0 Å². The largest absolute Gasteiger partial charge is 0.481 e. The van der Waals surface area contributed by atoms with Crippen molar-refractivity contribution in [1.29, 1.82) is 0 Å². The fourth-order valence-electron chi connectivity index (χ4n) is 2.38. The smallest absolute Gasteiger partial charge is 0.451 e. The first kappa shape index (κ1) is 14.8. The molecule has 0 aliphatic carbocycles. The maximum Gasteiger partial charge on any atom is 0.451 e. The minimum absolute atomic E-state index is 0.0966. The van der Waals surface area contributed by atoms with Crippen LogP contribution in [0.4, 0.5) is 13.2 Å². The second-order valence-corrected chi connectivity index (χ2v) is 4.82. The molecule has 0 aromatic carbocycles. The Bertz CT molecular complexity index is 517. The van der Waals surface area contributed by atoms with Gasteiger partial charge in [0.1, 0.15) is 0 Å². The summed E-state index contributed by atoms with van der Waals surface area (Å²) in [5, 5.41) is 2.64. The Hall–Kier alpha value is -1.63. The number of ketones is 1. The van der Waals surface area contributed by atoms with Crippen molar-refractivity contribution in [2.45, 2.75) is 38.0 Å². The van der Waals surface area contributed by atoms with Gasteiger partial charge in [-0.1, -0.05) is 13.0 Å². The molecule has 2 atom stereocenters. The molecule has 2 unspecified atom stereocenters. The fraction of sp³-hybridized carbons (Fsp3) is 0.538. The van der Waals surface area contributed by atoms with Gasteiger partial charge in [-0.05, 0) is 17.9 Å². The van der Waals surface area contributed by atoms with Crippen molar-refractivity contribution in [3.05, 3.63) is 23.4 Å². The van der Waals surface area contributed by atoms with Gasteiger partial charge in [0.15, 0.2) is 0 Å². The van der Waals surface area contributed by atoms with Gasteiger partial charge in [-0.3, -0.25) is 4.79 Å². The predicted octanol–water partition coefficient (Wildman–Crippen LogP) is 2.19. The summed E-state index contributed by atoms with van der Waals surface area (Å²) in [5.41, 5.74) is 1.46. The van der Waals surface area contributed by atoms with Crippen molar-refractivity contribution in [2.75, 3.05) is 7.11 Å². The Balaban J connectivity index is 2.25. The van der Waals surface area contributed by atoms with Crippen LogP contribution in [0.25, 0.3) is 0 Å². The number of methoxy groups -OCH3 is 1. The van der Waals surface area contributed by atoms with Crippen molar-refractivity contribution < 1.29 is 22.7 Å². The number of nitrogens with one attached hydrogen (secondary N) is 1. The zero-order valence-electron chi connectivity index (χ0n) is 11.1. The van der Waals surface area contributed by atoms with Crippen molar-refractivity contribution in [1.82, 2.24) is 10.3 Å².